The second kappa shape index (κ2) is 7.89. The zero-order valence-corrected chi connectivity index (χ0v) is 20.7. The van der Waals surface area contributed by atoms with Crippen LogP contribution in [0.3, 0.4) is 0 Å². The van der Waals surface area contributed by atoms with Gasteiger partial charge in [0.05, 0.1) is 12.5 Å². The molecule has 182 valence electrons. The Labute approximate surface area is 205 Å². The van der Waals surface area contributed by atoms with Gasteiger partial charge in [0.25, 0.3) is 0 Å². The molecular weight excluding hydrogens is 444 g/mol. The van der Waals surface area contributed by atoms with Gasteiger partial charge in [-0.3, -0.25) is 9.59 Å². The Morgan fingerprint density at radius 2 is 1.77 bits per heavy atom. The Morgan fingerprint density at radius 3 is 2.46 bits per heavy atom. The van der Waals surface area contributed by atoms with Crippen molar-refractivity contribution in [1.82, 2.24) is 0 Å². The van der Waals surface area contributed by atoms with Crippen LogP contribution in [0.15, 0.2) is 54.6 Å². The lowest BCUT2D eigenvalue weighted by molar-refractivity contribution is -0.164. The topological polar surface area (TPSA) is 78.9 Å². The summed E-state index contributed by atoms with van der Waals surface area (Å²) >= 11 is 0. The molecule has 4 aliphatic rings. The molecule has 6 rings (SSSR count). The highest BCUT2D eigenvalue weighted by atomic mass is 16.6. The lowest BCUT2D eigenvalue weighted by Crippen LogP contribution is -2.55. The first-order valence-electron chi connectivity index (χ1n) is 12.0. The van der Waals surface area contributed by atoms with Gasteiger partial charge in [-0.05, 0) is 47.1 Å². The summed E-state index contributed by atoms with van der Waals surface area (Å²) in [6, 6.07) is 14.1. The molecule has 1 heterocycles. The van der Waals surface area contributed by atoms with Crippen molar-refractivity contribution >= 4 is 17.9 Å². The number of rotatable bonds is 5. The zero-order chi connectivity index (χ0) is 25.3. The normalized spacial score (nSPS) is 26.9. The van der Waals surface area contributed by atoms with Crippen molar-refractivity contribution < 1.29 is 28.6 Å². The zero-order valence-electron chi connectivity index (χ0n) is 20.7. The fourth-order valence-electron chi connectivity index (χ4n) is 5.83. The molecule has 6 nitrogen and oxygen atoms in total. The van der Waals surface area contributed by atoms with Crippen molar-refractivity contribution in [2.45, 2.75) is 57.7 Å². The summed E-state index contributed by atoms with van der Waals surface area (Å²) in [4.78, 5) is 38.3. The lowest BCUT2D eigenvalue weighted by atomic mass is 9.52. The minimum absolute atomic E-state index is 0.0297. The monoisotopic (exact) mass is 474 g/mol. The molecule has 1 aliphatic heterocycles. The first-order valence-corrected chi connectivity index (χ1v) is 12.0. The van der Waals surface area contributed by atoms with E-state index in [1.54, 1.807) is 13.8 Å². The third kappa shape index (κ3) is 3.38. The van der Waals surface area contributed by atoms with E-state index in [2.05, 4.69) is 45.5 Å². The molecule has 2 aromatic carbocycles. The van der Waals surface area contributed by atoms with E-state index in [1.807, 2.05) is 24.3 Å². The highest BCUT2D eigenvalue weighted by molar-refractivity contribution is 6.00. The maximum absolute atomic E-state index is 13.2. The number of carbonyl (C=O) groups is 3. The SMILES string of the molecule is C=C(C)C(=O)OC(C)COC12c3ccccc3C(c3ccc(C(C)(C)C)cc31)C1C(=O)OC(=O)C12. The third-order valence-electron chi connectivity index (χ3n) is 7.44. The van der Waals surface area contributed by atoms with Crippen molar-refractivity contribution in [1.29, 1.82) is 0 Å². The summed E-state index contributed by atoms with van der Waals surface area (Å²) in [5, 5.41) is 0. The van der Waals surface area contributed by atoms with Gasteiger partial charge in [-0.25, -0.2) is 4.79 Å². The summed E-state index contributed by atoms with van der Waals surface area (Å²) in [6.07, 6.45) is -0.596. The Balaban J connectivity index is 1.70. The van der Waals surface area contributed by atoms with Gasteiger partial charge >= 0.3 is 17.9 Å². The Bertz CT molecular complexity index is 1270. The first-order chi connectivity index (χ1) is 16.5. The summed E-state index contributed by atoms with van der Waals surface area (Å²) in [7, 11) is 0. The fourth-order valence-corrected chi connectivity index (χ4v) is 5.83. The van der Waals surface area contributed by atoms with Gasteiger partial charge in [-0.1, -0.05) is 69.8 Å². The molecule has 2 aromatic rings. The van der Waals surface area contributed by atoms with Crippen molar-refractivity contribution in [2.75, 3.05) is 6.61 Å². The van der Waals surface area contributed by atoms with E-state index in [0.717, 1.165) is 27.8 Å². The summed E-state index contributed by atoms with van der Waals surface area (Å²) in [5.74, 6) is -3.36. The Morgan fingerprint density at radius 1 is 1.09 bits per heavy atom. The number of cyclic esters (lactones) is 2. The maximum atomic E-state index is 13.2. The third-order valence-corrected chi connectivity index (χ3v) is 7.44. The molecule has 2 bridgehead atoms. The number of ether oxygens (including phenoxy) is 3. The molecule has 3 aliphatic carbocycles. The molecule has 6 heteroatoms. The summed E-state index contributed by atoms with van der Waals surface area (Å²) in [5.41, 5.74) is 3.68. The molecular formula is C29H30O6. The van der Waals surface area contributed by atoms with E-state index >= 15 is 0 Å². The van der Waals surface area contributed by atoms with Crippen LogP contribution in [-0.4, -0.2) is 30.6 Å². The highest BCUT2D eigenvalue weighted by Crippen LogP contribution is 2.64. The Kier molecular flexibility index (Phi) is 5.29. The molecule has 1 saturated heterocycles. The van der Waals surface area contributed by atoms with Crippen molar-refractivity contribution in [3.8, 4) is 0 Å². The average molecular weight is 475 g/mol. The number of benzene rings is 2. The quantitative estimate of drug-likeness (QED) is 0.360. The highest BCUT2D eigenvalue weighted by Gasteiger charge is 2.68. The van der Waals surface area contributed by atoms with Crippen LogP contribution in [0.25, 0.3) is 0 Å². The van der Waals surface area contributed by atoms with Crippen LogP contribution < -0.4 is 0 Å². The van der Waals surface area contributed by atoms with Gasteiger partial charge < -0.3 is 14.2 Å². The van der Waals surface area contributed by atoms with E-state index < -0.39 is 41.4 Å². The first kappa shape index (κ1) is 23.5. The largest absolute Gasteiger partial charge is 0.457 e. The molecule has 35 heavy (non-hydrogen) atoms. The predicted molar refractivity (Wildman–Crippen MR) is 129 cm³/mol. The molecule has 0 aromatic heterocycles. The summed E-state index contributed by atoms with van der Waals surface area (Å²) in [6.45, 7) is 13.4. The minimum Gasteiger partial charge on any atom is -0.457 e. The molecule has 1 fully saturated rings. The molecule has 0 spiro atoms. The van der Waals surface area contributed by atoms with Crippen LogP contribution in [0.2, 0.25) is 0 Å². The van der Waals surface area contributed by atoms with E-state index in [0.29, 0.717) is 5.57 Å². The van der Waals surface area contributed by atoms with Crippen molar-refractivity contribution in [3.63, 3.8) is 0 Å². The van der Waals surface area contributed by atoms with Crippen LogP contribution >= 0.6 is 0 Å². The number of carbonyl (C=O) groups excluding carboxylic acids is 3. The van der Waals surface area contributed by atoms with Crippen LogP contribution in [0.5, 0.6) is 0 Å². The standard InChI is InChI=1S/C29H30O6/c1-15(2)25(30)34-16(3)14-33-29-20-10-8-7-9-18(20)22(23-24(29)27(32)35-26(23)31)19-12-11-17(13-21(19)29)28(4,5)6/h7-13,16,22-24H,1,14H2,2-6H3. The van der Waals surface area contributed by atoms with Crippen LogP contribution in [0, 0.1) is 11.8 Å². The molecule has 5 unspecified atom stereocenters. The van der Waals surface area contributed by atoms with E-state index in [-0.39, 0.29) is 17.9 Å². The number of hydrogen-bond donors (Lipinski definition) is 0. The molecule has 0 saturated carbocycles. The van der Waals surface area contributed by atoms with Crippen LogP contribution in [0.1, 0.15) is 68.4 Å². The molecule has 5 atom stereocenters. The van der Waals surface area contributed by atoms with Crippen LogP contribution in [-0.2, 0) is 39.6 Å². The second-order valence-electron chi connectivity index (χ2n) is 10.9. The van der Waals surface area contributed by atoms with Gasteiger partial charge in [0.2, 0.25) is 0 Å². The van der Waals surface area contributed by atoms with Gasteiger partial charge in [-0.15, -0.1) is 0 Å². The maximum Gasteiger partial charge on any atom is 0.333 e. The molecule has 0 amide bonds. The van der Waals surface area contributed by atoms with Gasteiger partial charge in [0.1, 0.15) is 17.6 Å². The van der Waals surface area contributed by atoms with Gasteiger partial charge in [-0.2, -0.15) is 0 Å². The number of esters is 3. The fraction of sp³-hybridized carbons (Fsp3) is 0.414. The lowest BCUT2D eigenvalue weighted by Gasteiger charge is -2.53. The van der Waals surface area contributed by atoms with E-state index in [1.165, 1.54) is 0 Å². The second-order valence-corrected chi connectivity index (χ2v) is 10.9. The number of hydrogen-bond acceptors (Lipinski definition) is 6. The van der Waals surface area contributed by atoms with E-state index in [4.69, 9.17) is 14.2 Å². The minimum atomic E-state index is -1.24. The summed E-state index contributed by atoms with van der Waals surface area (Å²) < 4.78 is 17.4. The van der Waals surface area contributed by atoms with Gasteiger partial charge in [0, 0.05) is 11.5 Å². The van der Waals surface area contributed by atoms with Crippen LogP contribution in [0.4, 0.5) is 0 Å². The average Bonchev–Trinajstić information content (AvgIpc) is 3.11. The van der Waals surface area contributed by atoms with Gasteiger partial charge in [0.15, 0.2) is 0 Å². The predicted octanol–water partition coefficient (Wildman–Crippen LogP) is 4.53. The molecule has 0 radical (unpaired) electrons. The van der Waals surface area contributed by atoms with Crippen molar-refractivity contribution in [3.05, 3.63) is 82.4 Å². The smallest absolute Gasteiger partial charge is 0.333 e. The van der Waals surface area contributed by atoms with E-state index in [9.17, 15) is 14.4 Å². The molecule has 0 N–H and O–H groups in total. The van der Waals surface area contributed by atoms with Crippen molar-refractivity contribution in [2.24, 2.45) is 11.8 Å². The Hall–Kier alpha value is -3.25.